The lowest BCUT2D eigenvalue weighted by molar-refractivity contribution is 0.102. The Morgan fingerprint density at radius 1 is 1.33 bits per heavy atom. The minimum atomic E-state index is -1.30. The van der Waals surface area contributed by atoms with Gasteiger partial charge in [-0.3, -0.25) is 9.00 Å². The average Bonchev–Trinajstić information content (AvgIpc) is 3.09. The highest BCUT2D eigenvalue weighted by molar-refractivity contribution is 7.85. The molecule has 0 radical (unpaired) electrons. The van der Waals surface area contributed by atoms with Crippen LogP contribution in [0.4, 0.5) is 5.69 Å². The van der Waals surface area contributed by atoms with Crippen molar-refractivity contribution in [1.82, 2.24) is 9.61 Å². The molecule has 3 aromatic rings. The van der Waals surface area contributed by atoms with E-state index in [9.17, 15) is 9.00 Å². The number of amides is 1. The smallest absolute Gasteiger partial charge is 0.258 e. The summed E-state index contributed by atoms with van der Waals surface area (Å²) < 4.78 is 14.0. The molecule has 0 saturated carbocycles. The monoisotopic (exact) mass is 338 g/mol. The van der Waals surface area contributed by atoms with Gasteiger partial charge < -0.3 is 5.32 Å². The minimum absolute atomic E-state index is 0.283. The lowest BCUT2D eigenvalue weighted by Gasteiger charge is -2.11. The summed E-state index contributed by atoms with van der Waals surface area (Å²) in [5.74, 6) is 0.0230. The van der Waals surface area contributed by atoms with Crippen LogP contribution < -0.4 is 5.32 Å². The third-order valence-corrected chi connectivity index (χ3v) is 4.93. The Balaban J connectivity index is 1.99. The fourth-order valence-electron chi connectivity index (χ4n) is 2.34. The van der Waals surface area contributed by atoms with E-state index in [0.717, 1.165) is 0 Å². The second-order valence-corrected chi connectivity index (χ2v) is 6.68. The van der Waals surface area contributed by atoms with Gasteiger partial charge in [-0.05, 0) is 36.4 Å². The van der Waals surface area contributed by atoms with Crippen LogP contribution >= 0.6 is 0 Å². The number of nitriles is 1. The van der Waals surface area contributed by atoms with E-state index < -0.39 is 10.8 Å². The Labute approximate surface area is 141 Å². The van der Waals surface area contributed by atoms with Crippen molar-refractivity contribution in [3.05, 3.63) is 59.9 Å². The summed E-state index contributed by atoms with van der Waals surface area (Å²) in [6, 6.07) is 12.1. The van der Waals surface area contributed by atoms with Crippen molar-refractivity contribution < 1.29 is 9.00 Å². The number of aromatic nitrogens is 2. The van der Waals surface area contributed by atoms with Crippen LogP contribution in [0, 0.1) is 11.3 Å². The highest BCUT2D eigenvalue weighted by Gasteiger charge is 2.20. The zero-order valence-corrected chi connectivity index (χ0v) is 13.7. The third kappa shape index (κ3) is 2.92. The SMILES string of the molecule is CCS(=O)c1c(C(=O)Nc2ccc(C#N)cc2)cnn2cccc12. The molecule has 0 spiro atoms. The Morgan fingerprint density at radius 2 is 2.08 bits per heavy atom. The van der Waals surface area contributed by atoms with E-state index in [-0.39, 0.29) is 11.5 Å². The van der Waals surface area contributed by atoms with Crippen LogP contribution in [0.2, 0.25) is 0 Å². The van der Waals surface area contributed by atoms with Crippen LogP contribution in [-0.4, -0.2) is 25.5 Å². The standard InChI is InChI=1S/C17H14N4O2S/c1-2-24(23)16-14(11-19-21-9-3-4-15(16)21)17(22)20-13-7-5-12(10-18)6-8-13/h3-9,11H,2H2,1H3,(H,20,22). The molecule has 2 heterocycles. The fraction of sp³-hybridized carbons (Fsp3) is 0.118. The van der Waals surface area contributed by atoms with Crippen molar-refractivity contribution in [3.63, 3.8) is 0 Å². The van der Waals surface area contributed by atoms with E-state index in [1.54, 1.807) is 54.0 Å². The molecule has 1 atom stereocenters. The van der Waals surface area contributed by atoms with Gasteiger partial charge in [-0.15, -0.1) is 0 Å². The maximum absolute atomic E-state index is 12.6. The number of fused-ring (bicyclic) bond motifs is 1. The molecule has 1 amide bonds. The van der Waals surface area contributed by atoms with E-state index in [4.69, 9.17) is 5.26 Å². The van der Waals surface area contributed by atoms with Crippen LogP contribution in [0.25, 0.3) is 5.52 Å². The Bertz CT molecular complexity index is 970. The van der Waals surface area contributed by atoms with Crippen molar-refractivity contribution in [3.8, 4) is 6.07 Å². The molecule has 24 heavy (non-hydrogen) atoms. The van der Waals surface area contributed by atoms with Gasteiger partial charge in [0.1, 0.15) is 0 Å². The molecule has 120 valence electrons. The normalized spacial score (nSPS) is 11.8. The predicted molar refractivity (Wildman–Crippen MR) is 91.3 cm³/mol. The topological polar surface area (TPSA) is 87.3 Å². The number of rotatable bonds is 4. The summed E-state index contributed by atoms with van der Waals surface area (Å²) in [4.78, 5) is 13.1. The van der Waals surface area contributed by atoms with Gasteiger partial charge in [-0.1, -0.05) is 6.92 Å². The highest BCUT2D eigenvalue weighted by atomic mass is 32.2. The molecular weight excluding hydrogens is 324 g/mol. The summed E-state index contributed by atoms with van der Waals surface area (Å²) in [6.45, 7) is 1.80. The molecule has 1 aromatic carbocycles. The van der Waals surface area contributed by atoms with Crippen molar-refractivity contribution in [2.75, 3.05) is 11.1 Å². The number of hydrogen-bond donors (Lipinski definition) is 1. The lowest BCUT2D eigenvalue weighted by Crippen LogP contribution is -2.17. The first-order chi connectivity index (χ1) is 11.6. The maximum Gasteiger partial charge on any atom is 0.258 e. The van der Waals surface area contributed by atoms with Crippen molar-refractivity contribution in [2.24, 2.45) is 0 Å². The van der Waals surface area contributed by atoms with E-state index >= 15 is 0 Å². The number of nitrogens with one attached hydrogen (secondary N) is 1. The quantitative estimate of drug-likeness (QED) is 0.792. The molecule has 1 N–H and O–H groups in total. The van der Waals surface area contributed by atoms with Crippen molar-refractivity contribution in [1.29, 1.82) is 5.26 Å². The third-order valence-electron chi connectivity index (χ3n) is 3.52. The van der Waals surface area contributed by atoms with Crippen LogP contribution in [0.15, 0.2) is 53.7 Å². The molecule has 6 nitrogen and oxygen atoms in total. The lowest BCUT2D eigenvalue weighted by atomic mass is 10.2. The summed E-state index contributed by atoms with van der Waals surface area (Å²) >= 11 is 0. The largest absolute Gasteiger partial charge is 0.322 e. The van der Waals surface area contributed by atoms with Gasteiger partial charge in [0, 0.05) is 17.6 Å². The average molecular weight is 338 g/mol. The highest BCUT2D eigenvalue weighted by Crippen LogP contribution is 2.21. The maximum atomic E-state index is 12.6. The molecule has 0 bridgehead atoms. The second-order valence-electron chi connectivity index (χ2n) is 5.00. The summed E-state index contributed by atoms with van der Waals surface area (Å²) in [5, 5.41) is 15.8. The molecular formula is C17H14N4O2S. The first-order valence-electron chi connectivity index (χ1n) is 7.30. The van der Waals surface area contributed by atoms with Gasteiger partial charge in [0.25, 0.3) is 5.91 Å². The molecule has 3 rings (SSSR count). The van der Waals surface area contributed by atoms with Gasteiger partial charge >= 0.3 is 0 Å². The summed E-state index contributed by atoms with van der Waals surface area (Å²) in [7, 11) is -1.30. The van der Waals surface area contributed by atoms with E-state index in [2.05, 4.69) is 10.4 Å². The Morgan fingerprint density at radius 3 is 2.75 bits per heavy atom. The van der Waals surface area contributed by atoms with Gasteiger partial charge in [-0.25, -0.2) is 4.52 Å². The van der Waals surface area contributed by atoms with Gasteiger partial charge in [0.2, 0.25) is 0 Å². The number of anilines is 1. The van der Waals surface area contributed by atoms with Gasteiger partial charge in [0.15, 0.2) is 0 Å². The predicted octanol–water partition coefficient (Wildman–Crippen LogP) is 2.59. The number of nitrogens with zero attached hydrogens (tertiary/aromatic N) is 3. The zero-order valence-electron chi connectivity index (χ0n) is 12.9. The molecule has 0 aliphatic heterocycles. The molecule has 0 fully saturated rings. The Hall–Kier alpha value is -2.98. The number of benzene rings is 1. The second kappa shape index (κ2) is 6.64. The zero-order chi connectivity index (χ0) is 17.1. The summed E-state index contributed by atoms with van der Waals surface area (Å²) in [5.41, 5.74) is 2.01. The molecule has 7 heteroatoms. The number of hydrogen-bond acceptors (Lipinski definition) is 4. The molecule has 2 aromatic heterocycles. The molecule has 0 aliphatic carbocycles. The fourth-order valence-corrected chi connectivity index (χ4v) is 3.42. The number of carbonyl (C=O) groups excluding carboxylic acids is 1. The van der Waals surface area contributed by atoms with Crippen molar-refractivity contribution >= 4 is 27.9 Å². The van der Waals surface area contributed by atoms with E-state index in [1.165, 1.54) is 6.20 Å². The molecule has 0 saturated heterocycles. The Kier molecular flexibility index (Phi) is 4.40. The van der Waals surface area contributed by atoms with E-state index in [0.29, 0.717) is 27.4 Å². The van der Waals surface area contributed by atoms with Crippen LogP contribution in [0.5, 0.6) is 0 Å². The van der Waals surface area contributed by atoms with Crippen LogP contribution in [-0.2, 0) is 10.8 Å². The van der Waals surface area contributed by atoms with E-state index in [1.807, 2.05) is 6.07 Å². The molecule has 0 aliphatic rings. The molecule has 1 unspecified atom stereocenters. The van der Waals surface area contributed by atoms with Crippen LogP contribution in [0.3, 0.4) is 0 Å². The van der Waals surface area contributed by atoms with Crippen molar-refractivity contribution in [2.45, 2.75) is 11.8 Å². The number of carbonyl (C=O) groups is 1. The first-order valence-corrected chi connectivity index (χ1v) is 8.62. The van der Waals surface area contributed by atoms with Gasteiger partial charge in [0.05, 0.1) is 44.6 Å². The minimum Gasteiger partial charge on any atom is -0.322 e. The van der Waals surface area contributed by atoms with Crippen LogP contribution in [0.1, 0.15) is 22.8 Å². The van der Waals surface area contributed by atoms with Gasteiger partial charge in [-0.2, -0.15) is 10.4 Å². The first kappa shape index (κ1) is 15.9. The summed E-state index contributed by atoms with van der Waals surface area (Å²) in [6.07, 6.45) is 3.17.